The molecule has 4 rings (SSSR count). The van der Waals surface area contributed by atoms with Crippen molar-refractivity contribution < 1.29 is 9.53 Å². The number of rotatable bonds is 7. The molecule has 3 unspecified atom stereocenters. The maximum atomic E-state index is 13.1. The molecule has 1 aromatic carbocycles. The second kappa shape index (κ2) is 8.63. The summed E-state index contributed by atoms with van der Waals surface area (Å²) in [4.78, 5) is 13.1. The highest BCUT2D eigenvalue weighted by atomic mass is 16.5. The van der Waals surface area contributed by atoms with E-state index in [0.29, 0.717) is 24.0 Å². The highest BCUT2D eigenvalue weighted by molar-refractivity contribution is 5.97. The SMILES string of the molecule is CCC(CC1CCCCC1)C1CC(=O)C(C(c2ccccc2)C2CC2)=CO1. The van der Waals surface area contributed by atoms with Crippen molar-refractivity contribution in [3.05, 3.63) is 47.7 Å². The largest absolute Gasteiger partial charge is 0.497 e. The lowest BCUT2D eigenvalue weighted by atomic mass is 9.77. The minimum atomic E-state index is 0.0869. The van der Waals surface area contributed by atoms with Gasteiger partial charge in [0.25, 0.3) is 0 Å². The van der Waals surface area contributed by atoms with Crippen molar-refractivity contribution in [2.45, 2.75) is 83.2 Å². The van der Waals surface area contributed by atoms with Crippen LogP contribution in [0.1, 0.15) is 82.6 Å². The zero-order chi connectivity index (χ0) is 18.6. The summed E-state index contributed by atoms with van der Waals surface area (Å²) in [5, 5.41) is 0. The third-order valence-electron chi connectivity index (χ3n) is 7.08. The Labute approximate surface area is 164 Å². The van der Waals surface area contributed by atoms with Crippen LogP contribution in [0.5, 0.6) is 0 Å². The summed E-state index contributed by atoms with van der Waals surface area (Å²) < 4.78 is 6.25. The van der Waals surface area contributed by atoms with Gasteiger partial charge in [0.15, 0.2) is 5.78 Å². The molecule has 2 aliphatic carbocycles. The molecule has 0 bridgehead atoms. The average Bonchev–Trinajstić information content (AvgIpc) is 3.54. The maximum Gasteiger partial charge on any atom is 0.166 e. The summed E-state index contributed by atoms with van der Waals surface area (Å²) in [7, 11) is 0. The second-order valence-corrected chi connectivity index (χ2v) is 9.01. The summed E-state index contributed by atoms with van der Waals surface area (Å²) in [5.74, 6) is 2.54. The minimum Gasteiger partial charge on any atom is -0.497 e. The van der Waals surface area contributed by atoms with E-state index >= 15 is 0 Å². The van der Waals surface area contributed by atoms with Crippen molar-refractivity contribution >= 4 is 5.78 Å². The van der Waals surface area contributed by atoms with Crippen molar-refractivity contribution in [2.24, 2.45) is 17.8 Å². The van der Waals surface area contributed by atoms with Crippen molar-refractivity contribution in [1.29, 1.82) is 0 Å². The molecule has 2 saturated carbocycles. The van der Waals surface area contributed by atoms with Crippen LogP contribution in [0.15, 0.2) is 42.2 Å². The summed E-state index contributed by atoms with van der Waals surface area (Å²) in [5.41, 5.74) is 2.20. The Kier molecular flexibility index (Phi) is 6.00. The van der Waals surface area contributed by atoms with E-state index in [1.807, 2.05) is 12.3 Å². The van der Waals surface area contributed by atoms with Gasteiger partial charge in [-0.2, -0.15) is 0 Å². The molecule has 0 spiro atoms. The number of Topliss-reactive ketones (excluding diaryl/α,β-unsaturated/α-hetero) is 1. The van der Waals surface area contributed by atoms with Crippen molar-refractivity contribution in [3.8, 4) is 0 Å². The van der Waals surface area contributed by atoms with Gasteiger partial charge in [-0.25, -0.2) is 0 Å². The molecule has 3 aliphatic rings. The number of hydrogen-bond acceptors (Lipinski definition) is 2. The van der Waals surface area contributed by atoms with Crippen LogP contribution in [0.2, 0.25) is 0 Å². The molecule has 146 valence electrons. The van der Waals surface area contributed by atoms with Gasteiger partial charge in [-0.15, -0.1) is 0 Å². The normalized spacial score (nSPS) is 26.2. The molecule has 0 N–H and O–H groups in total. The first-order valence-electron chi connectivity index (χ1n) is 11.2. The molecule has 0 amide bonds. The molecule has 2 fully saturated rings. The Morgan fingerprint density at radius 3 is 2.41 bits per heavy atom. The van der Waals surface area contributed by atoms with Gasteiger partial charge in [0.2, 0.25) is 0 Å². The van der Waals surface area contributed by atoms with Crippen LogP contribution in [0.25, 0.3) is 0 Å². The number of ketones is 1. The molecule has 1 aromatic rings. The van der Waals surface area contributed by atoms with Crippen molar-refractivity contribution in [3.63, 3.8) is 0 Å². The van der Waals surface area contributed by atoms with Crippen LogP contribution in [0.3, 0.4) is 0 Å². The predicted octanol–water partition coefficient (Wildman–Crippen LogP) is 6.42. The lowest BCUT2D eigenvalue weighted by Crippen LogP contribution is -2.32. The first-order chi connectivity index (χ1) is 13.3. The molecule has 0 aromatic heterocycles. The lowest BCUT2D eigenvalue weighted by molar-refractivity contribution is -0.121. The summed E-state index contributed by atoms with van der Waals surface area (Å²) >= 11 is 0. The molecule has 0 radical (unpaired) electrons. The van der Waals surface area contributed by atoms with Gasteiger partial charge in [-0.05, 0) is 49.0 Å². The van der Waals surface area contributed by atoms with Gasteiger partial charge in [-0.3, -0.25) is 4.79 Å². The smallest absolute Gasteiger partial charge is 0.166 e. The first-order valence-corrected chi connectivity index (χ1v) is 11.2. The molecule has 1 aliphatic heterocycles. The highest BCUT2D eigenvalue weighted by Gasteiger charge is 2.40. The van der Waals surface area contributed by atoms with Gasteiger partial charge in [0, 0.05) is 17.9 Å². The lowest BCUT2D eigenvalue weighted by Gasteiger charge is -2.34. The Hall–Kier alpha value is -1.57. The highest BCUT2D eigenvalue weighted by Crippen LogP contribution is 2.48. The number of ether oxygens (including phenoxy) is 1. The third kappa shape index (κ3) is 4.47. The third-order valence-corrected chi connectivity index (χ3v) is 7.08. The number of allylic oxidation sites excluding steroid dienone is 1. The van der Waals surface area contributed by atoms with E-state index in [2.05, 4.69) is 31.2 Å². The Morgan fingerprint density at radius 1 is 1.04 bits per heavy atom. The van der Waals surface area contributed by atoms with E-state index < -0.39 is 0 Å². The van der Waals surface area contributed by atoms with Crippen LogP contribution >= 0.6 is 0 Å². The predicted molar refractivity (Wildman–Crippen MR) is 109 cm³/mol. The molecule has 27 heavy (non-hydrogen) atoms. The van der Waals surface area contributed by atoms with Crippen molar-refractivity contribution in [2.75, 3.05) is 0 Å². The van der Waals surface area contributed by atoms with Gasteiger partial charge in [0.05, 0.1) is 6.26 Å². The molecule has 2 nitrogen and oxygen atoms in total. The van der Waals surface area contributed by atoms with Gasteiger partial charge in [0.1, 0.15) is 6.10 Å². The fraction of sp³-hybridized carbons (Fsp3) is 0.640. The van der Waals surface area contributed by atoms with Gasteiger partial charge in [-0.1, -0.05) is 69.4 Å². The second-order valence-electron chi connectivity index (χ2n) is 9.01. The summed E-state index contributed by atoms with van der Waals surface area (Å²) in [6, 6.07) is 10.6. The minimum absolute atomic E-state index is 0.0869. The quantitative estimate of drug-likeness (QED) is 0.556. The molecule has 2 heteroatoms. The number of carbonyl (C=O) groups excluding carboxylic acids is 1. The van der Waals surface area contributed by atoms with Crippen LogP contribution in [-0.2, 0) is 9.53 Å². The molecule has 3 atom stereocenters. The topological polar surface area (TPSA) is 26.3 Å². The van der Waals surface area contributed by atoms with Crippen LogP contribution in [0, 0.1) is 17.8 Å². The van der Waals surface area contributed by atoms with Crippen molar-refractivity contribution in [1.82, 2.24) is 0 Å². The maximum absolute atomic E-state index is 13.1. The van der Waals surface area contributed by atoms with E-state index in [-0.39, 0.29) is 12.0 Å². The average molecular weight is 367 g/mol. The van der Waals surface area contributed by atoms with Crippen LogP contribution in [-0.4, -0.2) is 11.9 Å². The standard InChI is InChI=1S/C25H34O2/c1-2-19(15-18-9-5-3-6-10-18)24-16-23(26)22(17-27-24)25(21-13-14-21)20-11-7-4-8-12-20/h4,7-8,11-12,17-19,21,24-25H,2-3,5-6,9-10,13-16H2,1H3. The molecular formula is C25H34O2. The van der Waals surface area contributed by atoms with Crippen LogP contribution < -0.4 is 0 Å². The van der Waals surface area contributed by atoms with E-state index in [1.165, 1.54) is 56.9 Å². The Morgan fingerprint density at radius 2 is 1.78 bits per heavy atom. The van der Waals surface area contributed by atoms with E-state index in [0.717, 1.165) is 17.9 Å². The summed E-state index contributed by atoms with van der Waals surface area (Å²) in [6.07, 6.45) is 14.2. The Balaban J connectivity index is 1.46. The Bertz CT molecular complexity index is 652. The van der Waals surface area contributed by atoms with Gasteiger partial charge < -0.3 is 4.74 Å². The number of hydrogen-bond donors (Lipinski definition) is 0. The molecule has 1 heterocycles. The van der Waals surface area contributed by atoms with E-state index in [4.69, 9.17) is 4.74 Å². The van der Waals surface area contributed by atoms with Gasteiger partial charge >= 0.3 is 0 Å². The van der Waals surface area contributed by atoms with Crippen LogP contribution in [0.4, 0.5) is 0 Å². The van der Waals surface area contributed by atoms with E-state index in [9.17, 15) is 4.79 Å². The first kappa shape index (κ1) is 18.8. The number of benzene rings is 1. The molecular weight excluding hydrogens is 332 g/mol. The number of carbonyl (C=O) groups is 1. The van der Waals surface area contributed by atoms with E-state index in [1.54, 1.807) is 0 Å². The summed E-state index contributed by atoms with van der Waals surface area (Å²) in [6.45, 7) is 2.26. The monoisotopic (exact) mass is 366 g/mol. The molecule has 0 saturated heterocycles. The zero-order valence-electron chi connectivity index (χ0n) is 16.7. The zero-order valence-corrected chi connectivity index (χ0v) is 16.7. The fourth-order valence-electron chi connectivity index (χ4n) is 5.33. The fourth-order valence-corrected chi connectivity index (χ4v) is 5.33.